The van der Waals surface area contributed by atoms with Gasteiger partial charge in [-0.25, -0.2) is 13.4 Å². The quantitative estimate of drug-likeness (QED) is 0.736. The first-order valence-corrected chi connectivity index (χ1v) is 6.29. The molecule has 0 aliphatic carbocycles. The summed E-state index contributed by atoms with van der Waals surface area (Å²) >= 11 is 0. The molecule has 1 aromatic rings. The minimum atomic E-state index is -3.62. The van der Waals surface area contributed by atoms with E-state index < -0.39 is 9.84 Å². The lowest BCUT2D eigenvalue weighted by atomic mass is 10.4. The molecule has 0 amide bonds. The zero-order valence-electron chi connectivity index (χ0n) is 8.99. The van der Waals surface area contributed by atoms with Gasteiger partial charge in [-0.15, -0.1) is 5.06 Å². The number of hydroxylamine groups is 2. The van der Waals surface area contributed by atoms with Gasteiger partial charge in [0.1, 0.15) is 6.17 Å². The maximum absolute atomic E-state index is 12.0. The third-order valence-corrected chi connectivity index (χ3v) is 3.86. The molecule has 5 nitrogen and oxygen atoms in total. The molecule has 0 saturated heterocycles. The molecule has 1 heterocycles. The fourth-order valence-electron chi connectivity index (χ4n) is 1.28. The van der Waals surface area contributed by atoms with Gasteiger partial charge in [0.2, 0.25) is 0 Å². The Morgan fingerprint density at radius 3 is 2.44 bits per heavy atom. The molecule has 1 aliphatic heterocycles. The van der Waals surface area contributed by atoms with Gasteiger partial charge < -0.3 is 4.84 Å². The number of hydrogen-bond donors (Lipinski definition) is 0. The van der Waals surface area contributed by atoms with E-state index in [0.29, 0.717) is 0 Å². The molecule has 86 valence electrons. The van der Waals surface area contributed by atoms with Crippen LogP contribution in [0.2, 0.25) is 0 Å². The summed E-state index contributed by atoms with van der Waals surface area (Å²) in [5, 5.41) is 1.16. The van der Waals surface area contributed by atoms with Crippen molar-refractivity contribution >= 4 is 15.1 Å². The van der Waals surface area contributed by atoms with Crippen molar-refractivity contribution in [3.8, 4) is 0 Å². The van der Waals surface area contributed by atoms with Gasteiger partial charge in [-0.2, -0.15) is 0 Å². The number of aliphatic imine (C=N–C) groups is 1. The molecule has 1 unspecified atom stereocenters. The molecule has 0 radical (unpaired) electrons. The van der Waals surface area contributed by atoms with E-state index in [9.17, 15) is 8.42 Å². The van der Waals surface area contributed by atoms with Crippen molar-refractivity contribution in [2.75, 3.05) is 7.05 Å². The Balaban J connectivity index is 2.39. The van der Waals surface area contributed by atoms with Gasteiger partial charge in [-0.3, -0.25) is 0 Å². The Labute approximate surface area is 94.2 Å². The van der Waals surface area contributed by atoms with Gasteiger partial charge in [0.05, 0.1) is 4.90 Å². The van der Waals surface area contributed by atoms with Crippen LogP contribution < -0.4 is 0 Å². The van der Waals surface area contributed by atoms with Crippen LogP contribution in [0.3, 0.4) is 0 Å². The van der Waals surface area contributed by atoms with Crippen LogP contribution in [0, 0.1) is 0 Å². The average molecular weight is 240 g/mol. The fraction of sp³-hybridized carbons (Fsp3) is 0.300. The fourth-order valence-corrected chi connectivity index (χ4v) is 2.50. The summed E-state index contributed by atoms with van der Waals surface area (Å²) in [6, 6.07) is 8.12. The minimum Gasteiger partial charge on any atom is -0.371 e. The second-order valence-electron chi connectivity index (χ2n) is 3.48. The summed E-state index contributed by atoms with van der Waals surface area (Å²) in [6.07, 6.45) is -0.284. The van der Waals surface area contributed by atoms with E-state index in [0.717, 1.165) is 0 Å². The number of benzene rings is 1. The van der Waals surface area contributed by atoms with Crippen LogP contribution in [0.1, 0.15) is 6.92 Å². The third-order valence-electron chi connectivity index (χ3n) is 2.32. The zero-order chi connectivity index (χ0) is 11.8. The molecule has 0 fully saturated rings. The largest absolute Gasteiger partial charge is 0.371 e. The maximum Gasteiger partial charge on any atom is 0.332 e. The summed E-state index contributed by atoms with van der Waals surface area (Å²) in [5.41, 5.74) is 0. The Morgan fingerprint density at radius 1 is 1.31 bits per heavy atom. The normalized spacial score (nSPS) is 21.6. The van der Waals surface area contributed by atoms with E-state index in [4.69, 9.17) is 4.84 Å². The van der Waals surface area contributed by atoms with Crippen molar-refractivity contribution in [3.63, 3.8) is 0 Å². The predicted molar refractivity (Wildman–Crippen MR) is 59.4 cm³/mol. The van der Waals surface area contributed by atoms with Gasteiger partial charge in [-0.05, 0) is 19.1 Å². The Morgan fingerprint density at radius 2 is 1.94 bits per heavy atom. The van der Waals surface area contributed by atoms with E-state index in [1.165, 1.54) is 17.2 Å². The number of nitrogens with zero attached hydrogens (tertiary/aromatic N) is 2. The standard InChI is InChI=1S/C10H12N2O3S/c1-8-11-10(15-12(8)2)16(13,14)9-6-4-3-5-7-9/h3-8H,1-2H3. The molecule has 0 spiro atoms. The molecule has 0 N–H and O–H groups in total. The monoisotopic (exact) mass is 240 g/mol. The van der Waals surface area contributed by atoms with Gasteiger partial charge in [0, 0.05) is 7.05 Å². The van der Waals surface area contributed by atoms with Crippen molar-refractivity contribution in [1.82, 2.24) is 5.06 Å². The number of rotatable bonds is 1. The van der Waals surface area contributed by atoms with Crippen LogP contribution in [0.25, 0.3) is 0 Å². The zero-order valence-corrected chi connectivity index (χ0v) is 9.81. The van der Waals surface area contributed by atoms with Gasteiger partial charge in [-0.1, -0.05) is 18.2 Å². The Bertz CT molecular complexity index is 510. The van der Waals surface area contributed by atoms with Gasteiger partial charge in [0.15, 0.2) is 0 Å². The van der Waals surface area contributed by atoms with Gasteiger partial charge in [0.25, 0.3) is 9.84 Å². The molecule has 0 aromatic heterocycles. The Kier molecular flexibility index (Phi) is 2.69. The molecule has 0 saturated carbocycles. The van der Waals surface area contributed by atoms with Crippen molar-refractivity contribution in [2.45, 2.75) is 18.0 Å². The Hall–Kier alpha value is -1.40. The van der Waals surface area contributed by atoms with E-state index in [-0.39, 0.29) is 16.3 Å². The third kappa shape index (κ3) is 1.81. The highest BCUT2D eigenvalue weighted by molar-refractivity contribution is 8.06. The predicted octanol–water partition coefficient (Wildman–Crippen LogP) is 1.04. The average Bonchev–Trinajstić information content (AvgIpc) is 2.61. The molecule has 6 heteroatoms. The van der Waals surface area contributed by atoms with Crippen molar-refractivity contribution in [1.29, 1.82) is 0 Å². The van der Waals surface area contributed by atoms with Crippen molar-refractivity contribution < 1.29 is 13.3 Å². The number of sulfone groups is 1. The van der Waals surface area contributed by atoms with Crippen LogP contribution in [-0.4, -0.2) is 31.9 Å². The second-order valence-corrected chi connectivity index (χ2v) is 5.31. The van der Waals surface area contributed by atoms with Crippen LogP contribution in [-0.2, 0) is 14.7 Å². The molecule has 1 aliphatic rings. The van der Waals surface area contributed by atoms with Crippen molar-refractivity contribution in [2.24, 2.45) is 4.99 Å². The first kappa shape index (κ1) is 11.1. The smallest absolute Gasteiger partial charge is 0.332 e. The highest BCUT2D eigenvalue weighted by Crippen LogP contribution is 2.19. The first-order chi connectivity index (χ1) is 7.51. The van der Waals surface area contributed by atoms with Crippen molar-refractivity contribution in [3.05, 3.63) is 30.3 Å². The summed E-state index contributed by atoms with van der Waals surface area (Å²) in [7, 11) is -1.98. The van der Waals surface area contributed by atoms with E-state index >= 15 is 0 Å². The van der Waals surface area contributed by atoms with Crippen LogP contribution in [0.4, 0.5) is 0 Å². The molecular formula is C10H12N2O3S. The molecule has 1 atom stereocenters. The summed E-state index contributed by atoms with van der Waals surface area (Å²) in [5.74, 6) is 0. The first-order valence-electron chi connectivity index (χ1n) is 4.80. The van der Waals surface area contributed by atoms with E-state index in [1.54, 1.807) is 32.2 Å². The SMILES string of the molecule is CC1N=C(S(=O)(=O)c2ccccc2)ON1C. The van der Waals surface area contributed by atoms with E-state index in [1.807, 2.05) is 0 Å². The van der Waals surface area contributed by atoms with Crippen LogP contribution in [0.5, 0.6) is 0 Å². The second kappa shape index (κ2) is 3.88. The summed E-state index contributed by atoms with van der Waals surface area (Å²) < 4.78 is 24.1. The molecule has 2 rings (SSSR count). The van der Waals surface area contributed by atoms with Crippen LogP contribution >= 0.6 is 0 Å². The number of hydrogen-bond acceptors (Lipinski definition) is 5. The molecular weight excluding hydrogens is 228 g/mol. The highest BCUT2D eigenvalue weighted by atomic mass is 32.2. The molecule has 16 heavy (non-hydrogen) atoms. The lowest BCUT2D eigenvalue weighted by Gasteiger charge is -2.11. The maximum atomic E-state index is 12.0. The van der Waals surface area contributed by atoms with Crippen LogP contribution in [0.15, 0.2) is 40.2 Å². The lowest BCUT2D eigenvalue weighted by Crippen LogP contribution is -2.24. The van der Waals surface area contributed by atoms with E-state index in [2.05, 4.69) is 4.99 Å². The lowest BCUT2D eigenvalue weighted by molar-refractivity contribution is -0.0480. The van der Waals surface area contributed by atoms with Gasteiger partial charge >= 0.3 is 5.23 Å². The minimum absolute atomic E-state index is 0.191. The summed E-state index contributed by atoms with van der Waals surface area (Å²) in [4.78, 5) is 9.23. The highest BCUT2D eigenvalue weighted by Gasteiger charge is 2.32. The summed E-state index contributed by atoms with van der Waals surface area (Å²) in [6.45, 7) is 1.76. The molecule has 1 aromatic carbocycles. The topological polar surface area (TPSA) is 59.0 Å². The molecule has 0 bridgehead atoms.